The Labute approximate surface area is 62.0 Å². The third-order valence-corrected chi connectivity index (χ3v) is 1.56. The van der Waals surface area contributed by atoms with Crippen molar-refractivity contribution in [2.75, 3.05) is 0 Å². The largest absolute Gasteiger partial charge is 0.391 e. The number of alkyl halides is 1. The molecule has 0 aliphatic carbocycles. The van der Waals surface area contributed by atoms with Gasteiger partial charge in [-0.2, -0.15) is 0 Å². The minimum absolute atomic E-state index is 0.0961. The summed E-state index contributed by atoms with van der Waals surface area (Å²) in [6.07, 6.45) is -0.417. The van der Waals surface area contributed by atoms with Crippen molar-refractivity contribution >= 4 is 11.6 Å². The lowest BCUT2D eigenvalue weighted by Gasteiger charge is -2.27. The molecule has 0 heterocycles. The van der Waals surface area contributed by atoms with E-state index in [1.54, 1.807) is 6.92 Å². The Bertz CT molecular complexity index is 83.4. The van der Waals surface area contributed by atoms with Crippen LogP contribution in [0.3, 0.4) is 0 Å². The van der Waals surface area contributed by atoms with E-state index >= 15 is 0 Å². The monoisotopic (exact) mass is 150 g/mol. The summed E-state index contributed by atoms with van der Waals surface area (Å²) in [6.45, 7) is 7.71. The molecular formula is C7H15ClO. The zero-order valence-electron chi connectivity index (χ0n) is 6.48. The van der Waals surface area contributed by atoms with Gasteiger partial charge in [-0.25, -0.2) is 0 Å². The van der Waals surface area contributed by atoms with Crippen LogP contribution >= 0.6 is 11.6 Å². The van der Waals surface area contributed by atoms with Gasteiger partial charge in [-0.05, 0) is 12.3 Å². The van der Waals surface area contributed by atoms with Gasteiger partial charge in [0.05, 0.1) is 11.5 Å². The first-order chi connectivity index (χ1) is 3.85. The lowest BCUT2D eigenvalue weighted by molar-refractivity contribution is 0.0632. The average Bonchev–Trinajstić information content (AvgIpc) is 1.62. The summed E-state index contributed by atoms with van der Waals surface area (Å²) in [4.78, 5) is 0. The van der Waals surface area contributed by atoms with Gasteiger partial charge < -0.3 is 5.11 Å². The van der Waals surface area contributed by atoms with E-state index in [1.165, 1.54) is 0 Å². The van der Waals surface area contributed by atoms with Crippen molar-refractivity contribution < 1.29 is 5.11 Å². The molecule has 0 spiro atoms. The van der Waals surface area contributed by atoms with Gasteiger partial charge in [-0.15, -0.1) is 11.6 Å². The summed E-state index contributed by atoms with van der Waals surface area (Å²) in [5.74, 6) is 0. The van der Waals surface area contributed by atoms with E-state index in [0.717, 1.165) is 0 Å². The van der Waals surface area contributed by atoms with Crippen molar-refractivity contribution in [1.29, 1.82) is 0 Å². The Hall–Kier alpha value is 0.250. The average molecular weight is 151 g/mol. The predicted octanol–water partition coefficient (Wildman–Crippen LogP) is 2.02. The van der Waals surface area contributed by atoms with Gasteiger partial charge in [0.15, 0.2) is 0 Å². The standard InChI is InChI=1S/C7H15ClO/c1-5(8)6(9)7(2,3)4/h5-6,9H,1-4H3. The molecule has 0 amide bonds. The fourth-order valence-electron chi connectivity index (χ4n) is 0.689. The number of hydrogen-bond acceptors (Lipinski definition) is 1. The Kier molecular flexibility index (Phi) is 2.97. The van der Waals surface area contributed by atoms with Crippen LogP contribution in [0.2, 0.25) is 0 Å². The van der Waals surface area contributed by atoms with Crippen molar-refractivity contribution in [3.8, 4) is 0 Å². The summed E-state index contributed by atoms with van der Waals surface area (Å²) in [6, 6.07) is 0. The molecule has 2 heteroatoms. The Balaban J connectivity index is 3.88. The molecule has 1 N–H and O–H groups in total. The molecule has 9 heavy (non-hydrogen) atoms. The quantitative estimate of drug-likeness (QED) is 0.568. The summed E-state index contributed by atoms with van der Waals surface area (Å²) >= 11 is 5.66. The highest BCUT2D eigenvalue weighted by Crippen LogP contribution is 2.23. The van der Waals surface area contributed by atoms with E-state index in [4.69, 9.17) is 11.6 Å². The van der Waals surface area contributed by atoms with Crippen LogP contribution in [-0.2, 0) is 0 Å². The predicted molar refractivity (Wildman–Crippen MR) is 40.8 cm³/mol. The van der Waals surface area contributed by atoms with Crippen molar-refractivity contribution in [2.24, 2.45) is 5.41 Å². The van der Waals surface area contributed by atoms with E-state index in [0.29, 0.717) is 0 Å². The third-order valence-electron chi connectivity index (χ3n) is 1.32. The SMILES string of the molecule is CC(Cl)C(O)C(C)(C)C. The van der Waals surface area contributed by atoms with Gasteiger partial charge in [0.25, 0.3) is 0 Å². The first-order valence-electron chi connectivity index (χ1n) is 3.18. The van der Waals surface area contributed by atoms with Crippen LogP contribution in [0.4, 0.5) is 0 Å². The molecule has 0 aliphatic rings. The first kappa shape index (κ1) is 9.25. The lowest BCUT2D eigenvalue weighted by atomic mass is 9.87. The van der Waals surface area contributed by atoms with Crippen LogP contribution < -0.4 is 0 Å². The summed E-state index contributed by atoms with van der Waals surface area (Å²) in [5, 5.41) is 9.17. The molecule has 0 rings (SSSR count). The molecule has 0 bridgehead atoms. The van der Waals surface area contributed by atoms with Gasteiger partial charge in [0.1, 0.15) is 0 Å². The molecular weight excluding hydrogens is 136 g/mol. The van der Waals surface area contributed by atoms with Crippen LogP contribution in [0.5, 0.6) is 0 Å². The van der Waals surface area contributed by atoms with Crippen LogP contribution in [0.25, 0.3) is 0 Å². The highest BCUT2D eigenvalue weighted by Gasteiger charge is 2.25. The molecule has 0 fully saturated rings. The maximum absolute atomic E-state index is 9.33. The van der Waals surface area contributed by atoms with Gasteiger partial charge in [-0.3, -0.25) is 0 Å². The maximum atomic E-state index is 9.33. The zero-order valence-corrected chi connectivity index (χ0v) is 7.24. The lowest BCUT2D eigenvalue weighted by Crippen LogP contribution is -2.32. The number of aliphatic hydroxyl groups excluding tert-OH is 1. The van der Waals surface area contributed by atoms with Crippen LogP contribution in [0.1, 0.15) is 27.7 Å². The first-order valence-corrected chi connectivity index (χ1v) is 3.61. The normalized spacial score (nSPS) is 19.3. The molecule has 0 saturated heterocycles. The van der Waals surface area contributed by atoms with Crippen molar-refractivity contribution in [2.45, 2.75) is 39.2 Å². The summed E-state index contributed by atoms with van der Waals surface area (Å²) < 4.78 is 0. The molecule has 0 aromatic carbocycles. The molecule has 0 saturated carbocycles. The second-order valence-corrected chi connectivity index (χ2v) is 4.18. The van der Waals surface area contributed by atoms with Crippen molar-refractivity contribution in [1.82, 2.24) is 0 Å². The van der Waals surface area contributed by atoms with Crippen LogP contribution in [0, 0.1) is 5.41 Å². The number of rotatable bonds is 1. The van der Waals surface area contributed by atoms with Crippen molar-refractivity contribution in [3.63, 3.8) is 0 Å². The second kappa shape index (κ2) is 2.89. The van der Waals surface area contributed by atoms with Gasteiger partial charge in [0.2, 0.25) is 0 Å². The number of aliphatic hydroxyl groups is 1. The van der Waals surface area contributed by atoms with E-state index < -0.39 is 6.10 Å². The second-order valence-electron chi connectivity index (χ2n) is 3.49. The summed E-state index contributed by atoms with van der Waals surface area (Å²) in [7, 11) is 0. The Morgan fingerprint density at radius 2 is 1.67 bits per heavy atom. The number of hydrogen-bond donors (Lipinski definition) is 1. The molecule has 2 unspecified atom stereocenters. The smallest absolute Gasteiger partial charge is 0.0749 e. The fourth-order valence-corrected chi connectivity index (χ4v) is 1.07. The maximum Gasteiger partial charge on any atom is 0.0749 e. The fraction of sp³-hybridized carbons (Fsp3) is 1.00. The molecule has 1 nitrogen and oxygen atoms in total. The Morgan fingerprint density at radius 3 is 1.67 bits per heavy atom. The van der Waals surface area contributed by atoms with Crippen LogP contribution in [-0.4, -0.2) is 16.6 Å². The highest BCUT2D eigenvalue weighted by atomic mass is 35.5. The molecule has 0 aromatic rings. The third kappa shape index (κ3) is 3.07. The highest BCUT2D eigenvalue weighted by molar-refractivity contribution is 6.20. The van der Waals surface area contributed by atoms with E-state index in [9.17, 15) is 5.11 Å². The molecule has 56 valence electrons. The van der Waals surface area contributed by atoms with E-state index in [-0.39, 0.29) is 10.8 Å². The molecule has 2 atom stereocenters. The molecule has 0 aromatic heterocycles. The van der Waals surface area contributed by atoms with Gasteiger partial charge in [0, 0.05) is 0 Å². The molecule has 0 aliphatic heterocycles. The van der Waals surface area contributed by atoms with Gasteiger partial charge in [-0.1, -0.05) is 20.8 Å². The van der Waals surface area contributed by atoms with Crippen LogP contribution in [0.15, 0.2) is 0 Å². The number of halogens is 1. The Morgan fingerprint density at radius 1 is 1.33 bits per heavy atom. The minimum atomic E-state index is -0.417. The van der Waals surface area contributed by atoms with Crippen molar-refractivity contribution in [3.05, 3.63) is 0 Å². The van der Waals surface area contributed by atoms with Gasteiger partial charge >= 0.3 is 0 Å². The minimum Gasteiger partial charge on any atom is -0.391 e. The van der Waals surface area contributed by atoms with E-state index in [2.05, 4.69) is 0 Å². The molecule has 0 radical (unpaired) electrons. The summed E-state index contributed by atoms with van der Waals surface area (Å²) in [5.41, 5.74) is -0.0961. The zero-order chi connectivity index (χ0) is 7.65. The topological polar surface area (TPSA) is 20.2 Å². The van der Waals surface area contributed by atoms with E-state index in [1.807, 2.05) is 20.8 Å².